The topological polar surface area (TPSA) is 97.7 Å². The van der Waals surface area contributed by atoms with Crippen LogP contribution in [-0.2, 0) is 20.2 Å². The van der Waals surface area contributed by atoms with E-state index in [1.54, 1.807) is 12.1 Å². The van der Waals surface area contributed by atoms with Crippen molar-refractivity contribution in [2.75, 3.05) is 11.5 Å². The Bertz CT molecular complexity index is 983. The molecule has 0 aliphatic heterocycles. The minimum atomic E-state index is -4.00. The fourth-order valence-corrected chi connectivity index (χ4v) is 4.14. The number of unbranched alkanes of at least 4 members (excludes halogenated alkanes) is 1. The maximum Gasteiger partial charge on any atom is 0.308 e. The van der Waals surface area contributed by atoms with E-state index in [4.69, 9.17) is 8.74 Å². The molecule has 1 N–H and O–H groups in total. The third-order valence-electron chi connectivity index (χ3n) is 4.46. The summed E-state index contributed by atoms with van der Waals surface area (Å²) in [6.45, 7) is 3.44. The van der Waals surface area contributed by atoms with Crippen LogP contribution in [0.4, 0.5) is 0 Å². The fraction of sp³-hybridized carbons (Fsp3) is 0.400. The summed E-state index contributed by atoms with van der Waals surface area (Å²) in [6.07, 6.45) is 1.45. The number of hydrogen-bond acceptors (Lipinski definition) is 5. The van der Waals surface area contributed by atoms with Gasteiger partial charge in [-0.25, -0.2) is 0 Å². The van der Waals surface area contributed by atoms with E-state index in [-0.39, 0.29) is 23.2 Å². The molecule has 2 aromatic rings. The van der Waals surface area contributed by atoms with Crippen LogP contribution in [0.5, 0.6) is 5.75 Å². The summed E-state index contributed by atoms with van der Waals surface area (Å²) in [5.74, 6) is -0.304. The van der Waals surface area contributed by atoms with Gasteiger partial charge >= 0.3 is 10.1 Å². The van der Waals surface area contributed by atoms with Gasteiger partial charge in [-0.05, 0) is 38.3 Å². The first kappa shape index (κ1) is 22.4. The summed E-state index contributed by atoms with van der Waals surface area (Å²) in [5, 5.41) is 0. The van der Waals surface area contributed by atoms with Crippen molar-refractivity contribution in [1.82, 2.24) is 0 Å². The van der Waals surface area contributed by atoms with Gasteiger partial charge < -0.3 is 4.18 Å². The van der Waals surface area contributed by atoms with Crippen LogP contribution in [0.1, 0.15) is 48.8 Å². The molecule has 1 atom stereocenters. The van der Waals surface area contributed by atoms with Crippen LogP contribution in [0.2, 0.25) is 0 Å². The lowest BCUT2D eigenvalue weighted by atomic mass is 9.86. The van der Waals surface area contributed by atoms with Gasteiger partial charge in [0.05, 0.1) is 11.5 Å². The Balaban J connectivity index is 2.38. The zero-order valence-electron chi connectivity index (χ0n) is 16.0. The molecule has 0 fully saturated rings. The average Bonchev–Trinajstić information content (AvgIpc) is 2.63. The van der Waals surface area contributed by atoms with E-state index >= 15 is 0 Å². The van der Waals surface area contributed by atoms with E-state index < -0.39 is 20.2 Å². The van der Waals surface area contributed by atoms with Gasteiger partial charge in [-0.2, -0.15) is 16.8 Å². The van der Waals surface area contributed by atoms with Gasteiger partial charge in [0.1, 0.15) is 5.75 Å². The molecule has 0 aromatic heterocycles. The highest BCUT2D eigenvalue weighted by molar-refractivity contribution is 7.87. The smallest absolute Gasteiger partial charge is 0.308 e. The van der Waals surface area contributed by atoms with Gasteiger partial charge in [0.2, 0.25) is 0 Å². The number of rotatable bonds is 10. The monoisotopic (exact) mass is 426 g/mol. The van der Waals surface area contributed by atoms with Crippen LogP contribution in [-0.4, -0.2) is 32.9 Å². The SMILES string of the molecule is CCS(=O)(=O)Oc1ccc(C)cc1C(CCCCS(=O)(=O)O)c1ccccc1. The van der Waals surface area contributed by atoms with E-state index in [0.29, 0.717) is 19.3 Å². The van der Waals surface area contributed by atoms with Crippen LogP contribution >= 0.6 is 0 Å². The highest BCUT2D eigenvalue weighted by Crippen LogP contribution is 2.37. The zero-order chi connectivity index (χ0) is 20.8. The lowest BCUT2D eigenvalue weighted by Crippen LogP contribution is -2.14. The molecule has 0 bridgehead atoms. The summed E-state index contributed by atoms with van der Waals surface area (Å²) in [7, 11) is -7.68. The normalized spacial score (nSPS) is 13.2. The van der Waals surface area contributed by atoms with Crippen molar-refractivity contribution < 1.29 is 25.6 Å². The van der Waals surface area contributed by atoms with Crippen molar-refractivity contribution in [3.05, 3.63) is 65.2 Å². The first-order chi connectivity index (χ1) is 13.1. The molecule has 0 aliphatic rings. The Labute approximate surface area is 167 Å². The van der Waals surface area contributed by atoms with Crippen LogP contribution in [0, 0.1) is 6.92 Å². The molecule has 154 valence electrons. The van der Waals surface area contributed by atoms with Crippen LogP contribution in [0.15, 0.2) is 48.5 Å². The van der Waals surface area contributed by atoms with E-state index in [9.17, 15) is 16.8 Å². The van der Waals surface area contributed by atoms with Crippen molar-refractivity contribution in [3.8, 4) is 5.75 Å². The van der Waals surface area contributed by atoms with Crippen LogP contribution < -0.4 is 4.18 Å². The summed E-state index contributed by atoms with van der Waals surface area (Å²) >= 11 is 0. The second-order valence-electron chi connectivity index (χ2n) is 6.72. The quantitative estimate of drug-likeness (QED) is 0.351. The van der Waals surface area contributed by atoms with E-state index in [1.165, 1.54) is 6.92 Å². The molecule has 0 amide bonds. The molecule has 2 rings (SSSR count). The molecule has 1 unspecified atom stereocenters. The minimum Gasteiger partial charge on any atom is -0.382 e. The molecule has 0 heterocycles. The summed E-state index contributed by atoms with van der Waals surface area (Å²) in [6, 6.07) is 15.0. The highest BCUT2D eigenvalue weighted by Gasteiger charge is 2.22. The summed E-state index contributed by atoms with van der Waals surface area (Å²) in [4.78, 5) is 0. The summed E-state index contributed by atoms with van der Waals surface area (Å²) < 4.78 is 60.3. The predicted molar refractivity (Wildman–Crippen MR) is 110 cm³/mol. The molecular formula is C20H26O6S2. The zero-order valence-corrected chi connectivity index (χ0v) is 17.7. The first-order valence-electron chi connectivity index (χ1n) is 9.14. The average molecular weight is 427 g/mol. The fourth-order valence-electron chi connectivity index (χ4n) is 3.03. The van der Waals surface area contributed by atoms with E-state index in [2.05, 4.69) is 0 Å². The third kappa shape index (κ3) is 6.92. The minimum absolute atomic E-state index is 0.134. The van der Waals surface area contributed by atoms with Crippen molar-refractivity contribution >= 4 is 20.2 Å². The van der Waals surface area contributed by atoms with Gasteiger partial charge in [0.15, 0.2) is 0 Å². The number of hydrogen-bond donors (Lipinski definition) is 1. The first-order valence-corrected chi connectivity index (χ1v) is 12.3. The third-order valence-corrected chi connectivity index (χ3v) is 6.40. The Morgan fingerprint density at radius 1 is 1.00 bits per heavy atom. The number of benzene rings is 2. The lowest BCUT2D eigenvalue weighted by Gasteiger charge is -2.21. The van der Waals surface area contributed by atoms with Gasteiger partial charge in [-0.1, -0.05) is 54.4 Å². The molecule has 0 radical (unpaired) electrons. The lowest BCUT2D eigenvalue weighted by molar-refractivity contribution is 0.474. The Morgan fingerprint density at radius 3 is 2.29 bits per heavy atom. The standard InChI is InChI=1S/C20H26O6S2/c1-3-28(24,25)26-20-13-12-16(2)15-19(20)18(17-9-5-4-6-10-17)11-7-8-14-27(21,22)23/h4-6,9-10,12-13,15,18H,3,7-8,11,14H2,1-2H3,(H,21,22,23). The molecule has 6 nitrogen and oxygen atoms in total. The maximum absolute atomic E-state index is 12.0. The van der Waals surface area contributed by atoms with Gasteiger partial charge in [-0.15, -0.1) is 0 Å². The molecule has 0 aliphatic carbocycles. The van der Waals surface area contributed by atoms with E-state index in [0.717, 1.165) is 16.7 Å². The van der Waals surface area contributed by atoms with Crippen molar-refractivity contribution in [1.29, 1.82) is 0 Å². The predicted octanol–water partition coefficient (Wildman–Crippen LogP) is 3.91. The second kappa shape index (κ2) is 9.54. The van der Waals surface area contributed by atoms with Crippen molar-refractivity contribution in [3.63, 3.8) is 0 Å². The Hall–Kier alpha value is -1.90. The molecule has 0 saturated carbocycles. The van der Waals surface area contributed by atoms with Gasteiger partial charge in [0, 0.05) is 11.5 Å². The Morgan fingerprint density at radius 2 is 1.68 bits per heavy atom. The molecule has 0 spiro atoms. The van der Waals surface area contributed by atoms with Crippen molar-refractivity contribution in [2.45, 2.75) is 39.0 Å². The highest BCUT2D eigenvalue weighted by atomic mass is 32.2. The molecular weight excluding hydrogens is 400 g/mol. The largest absolute Gasteiger partial charge is 0.382 e. The molecule has 2 aromatic carbocycles. The Kier molecular flexibility index (Phi) is 7.63. The van der Waals surface area contributed by atoms with E-state index in [1.807, 2.05) is 43.3 Å². The van der Waals surface area contributed by atoms with Crippen molar-refractivity contribution in [2.24, 2.45) is 0 Å². The number of aryl methyl sites for hydroxylation is 1. The van der Waals surface area contributed by atoms with Crippen LogP contribution in [0.3, 0.4) is 0 Å². The maximum atomic E-state index is 12.0. The summed E-state index contributed by atoms with van der Waals surface area (Å²) in [5.41, 5.74) is 2.70. The molecule has 28 heavy (non-hydrogen) atoms. The van der Waals surface area contributed by atoms with Crippen LogP contribution in [0.25, 0.3) is 0 Å². The molecule has 8 heteroatoms. The second-order valence-corrected chi connectivity index (χ2v) is 10.1. The van der Waals surface area contributed by atoms with Gasteiger partial charge in [-0.3, -0.25) is 4.55 Å². The van der Waals surface area contributed by atoms with Gasteiger partial charge in [0.25, 0.3) is 10.1 Å². The molecule has 0 saturated heterocycles.